The maximum absolute atomic E-state index is 13.2. The number of phenolic OH excluding ortho intramolecular Hbond substituents is 1. The van der Waals surface area contributed by atoms with Crippen molar-refractivity contribution >= 4 is 17.3 Å². The number of hydrogen-bond donors (Lipinski definition) is 3. The van der Waals surface area contributed by atoms with Crippen LogP contribution in [0.1, 0.15) is 10.4 Å². The molecule has 2 rings (SSSR count). The molecular formula is C13H11FN2O2. The Hall–Kier alpha value is -2.56. The van der Waals surface area contributed by atoms with Crippen LogP contribution in [-0.2, 0) is 0 Å². The zero-order chi connectivity index (χ0) is 13.1. The highest BCUT2D eigenvalue weighted by Gasteiger charge is 2.11. The smallest absolute Gasteiger partial charge is 0.259 e. The molecule has 0 bridgehead atoms. The minimum Gasteiger partial charge on any atom is -0.507 e. The molecule has 92 valence electrons. The largest absolute Gasteiger partial charge is 0.507 e. The molecule has 0 fully saturated rings. The molecule has 2 aromatic carbocycles. The summed E-state index contributed by atoms with van der Waals surface area (Å²) in [5.41, 5.74) is 5.73. The Labute approximate surface area is 103 Å². The van der Waals surface area contributed by atoms with Gasteiger partial charge >= 0.3 is 0 Å². The number of aromatic hydroxyl groups is 1. The number of carbonyl (C=O) groups is 1. The highest BCUT2D eigenvalue weighted by Crippen LogP contribution is 2.20. The molecule has 1 amide bonds. The zero-order valence-corrected chi connectivity index (χ0v) is 9.35. The van der Waals surface area contributed by atoms with E-state index in [1.54, 1.807) is 12.1 Å². The van der Waals surface area contributed by atoms with Gasteiger partial charge < -0.3 is 16.2 Å². The molecule has 0 unspecified atom stereocenters. The molecule has 0 aliphatic rings. The Morgan fingerprint density at radius 1 is 1.22 bits per heavy atom. The Morgan fingerprint density at radius 3 is 2.61 bits per heavy atom. The fraction of sp³-hybridized carbons (Fsp3) is 0. The lowest BCUT2D eigenvalue weighted by atomic mass is 10.2. The van der Waals surface area contributed by atoms with E-state index in [4.69, 9.17) is 5.73 Å². The number of halogens is 1. The van der Waals surface area contributed by atoms with Crippen molar-refractivity contribution in [2.75, 3.05) is 11.1 Å². The number of nitrogen functional groups attached to an aromatic ring is 1. The van der Waals surface area contributed by atoms with Crippen molar-refractivity contribution in [1.29, 1.82) is 0 Å². The number of rotatable bonds is 2. The van der Waals surface area contributed by atoms with E-state index < -0.39 is 11.7 Å². The standard InChI is InChI=1S/C13H11FN2O2/c14-10-7-8(5-6-11(10)15)16-13(18)9-3-1-2-4-12(9)17/h1-7,17H,15H2,(H,16,18). The van der Waals surface area contributed by atoms with E-state index >= 15 is 0 Å². The molecule has 4 N–H and O–H groups in total. The van der Waals surface area contributed by atoms with Gasteiger partial charge in [0.05, 0.1) is 11.3 Å². The average Bonchev–Trinajstić information content (AvgIpc) is 2.34. The molecule has 18 heavy (non-hydrogen) atoms. The predicted molar refractivity (Wildman–Crippen MR) is 66.9 cm³/mol. The molecule has 0 saturated heterocycles. The van der Waals surface area contributed by atoms with E-state index in [0.29, 0.717) is 0 Å². The van der Waals surface area contributed by atoms with Gasteiger partial charge in [0.15, 0.2) is 0 Å². The summed E-state index contributed by atoms with van der Waals surface area (Å²) in [6.07, 6.45) is 0. The van der Waals surface area contributed by atoms with Crippen molar-refractivity contribution in [1.82, 2.24) is 0 Å². The number of hydrogen-bond acceptors (Lipinski definition) is 3. The SMILES string of the molecule is Nc1ccc(NC(=O)c2ccccc2O)cc1F. The number of nitrogens with one attached hydrogen (secondary N) is 1. The minimum atomic E-state index is -0.606. The van der Waals surface area contributed by atoms with E-state index in [0.717, 1.165) is 6.07 Å². The lowest BCUT2D eigenvalue weighted by Crippen LogP contribution is -2.12. The Morgan fingerprint density at radius 2 is 1.94 bits per heavy atom. The van der Waals surface area contributed by atoms with Gasteiger partial charge in [-0.3, -0.25) is 4.79 Å². The van der Waals surface area contributed by atoms with Gasteiger partial charge in [-0.05, 0) is 30.3 Å². The molecule has 0 spiro atoms. The molecule has 0 aromatic heterocycles. The lowest BCUT2D eigenvalue weighted by molar-refractivity contribution is 0.102. The number of phenols is 1. The van der Waals surface area contributed by atoms with Crippen LogP contribution in [0.5, 0.6) is 5.75 Å². The van der Waals surface area contributed by atoms with Crippen LogP contribution >= 0.6 is 0 Å². The van der Waals surface area contributed by atoms with Crippen LogP contribution in [0.3, 0.4) is 0 Å². The summed E-state index contributed by atoms with van der Waals surface area (Å²) in [5.74, 6) is -1.26. The zero-order valence-electron chi connectivity index (χ0n) is 9.35. The van der Waals surface area contributed by atoms with E-state index in [1.807, 2.05) is 0 Å². The molecular weight excluding hydrogens is 235 g/mol. The van der Waals surface area contributed by atoms with Gasteiger partial charge in [0.25, 0.3) is 5.91 Å². The predicted octanol–water partition coefficient (Wildman–Crippen LogP) is 2.37. The Bertz CT molecular complexity index is 599. The third-order valence-electron chi connectivity index (χ3n) is 2.41. The highest BCUT2D eigenvalue weighted by molar-refractivity contribution is 6.06. The van der Waals surface area contributed by atoms with Crippen LogP contribution in [0.25, 0.3) is 0 Å². The molecule has 2 aromatic rings. The summed E-state index contributed by atoms with van der Waals surface area (Å²) < 4.78 is 13.2. The van der Waals surface area contributed by atoms with Crippen LogP contribution < -0.4 is 11.1 Å². The van der Waals surface area contributed by atoms with Crippen molar-refractivity contribution in [3.8, 4) is 5.75 Å². The first-order valence-electron chi connectivity index (χ1n) is 5.22. The normalized spacial score (nSPS) is 10.1. The van der Waals surface area contributed by atoms with Gasteiger partial charge in [-0.1, -0.05) is 12.1 Å². The molecule has 0 heterocycles. The van der Waals surface area contributed by atoms with Gasteiger partial charge in [-0.15, -0.1) is 0 Å². The summed E-state index contributed by atoms with van der Waals surface area (Å²) in [5, 5.41) is 12.0. The van der Waals surface area contributed by atoms with E-state index in [9.17, 15) is 14.3 Å². The number of para-hydroxylation sites is 1. The summed E-state index contributed by atoms with van der Waals surface area (Å²) >= 11 is 0. The number of amides is 1. The second-order valence-electron chi connectivity index (χ2n) is 3.71. The number of anilines is 2. The second kappa shape index (κ2) is 4.75. The van der Waals surface area contributed by atoms with Crippen molar-refractivity contribution in [2.45, 2.75) is 0 Å². The third kappa shape index (κ3) is 2.40. The van der Waals surface area contributed by atoms with Gasteiger partial charge in [-0.25, -0.2) is 4.39 Å². The fourth-order valence-electron chi connectivity index (χ4n) is 1.47. The number of carbonyl (C=O) groups excluding carboxylic acids is 1. The van der Waals surface area contributed by atoms with Crippen molar-refractivity contribution < 1.29 is 14.3 Å². The topological polar surface area (TPSA) is 75.3 Å². The molecule has 5 heteroatoms. The second-order valence-corrected chi connectivity index (χ2v) is 3.71. The van der Waals surface area contributed by atoms with E-state index in [-0.39, 0.29) is 22.7 Å². The van der Waals surface area contributed by atoms with Gasteiger partial charge in [0.1, 0.15) is 11.6 Å². The van der Waals surface area contributed by atoms with Gasteiger partial charge in [0.2, 0.25) is 0 Å². The molecule has 0 saturated carbocycles. The fourth-order valence-corrected chi connectivity index (χ4v) is 1.47. The van der Waals surface area contributed by atoms with Gasteiger partial charge in [0, 0.05) is 5.69 Å². The number of benzene rings is 2. The number of nitrogens with two attached hydrogens (primary N) is 1. The Kier molecular flexibility index (Phi) is 3.14. The maximum Gasteiger partial charge on any atom is 0.259 e. The van der Waals surface area contributed by atoms with Crippen LogP contribution in [0.2, 0.25) is 0 Å². The lowest BCUT2D eigenvalue weighted by Gasteiger charge is -2.07. The quantitative estimate of drug-likeness (QED) is 0.712. The summed E-state index contributed by atoms with van der Waals surface area (Å²) in [4.78, 5) is 11.8. The molecule has 0 atom stereocenters. The van der Waals surface area contributed by atoms with E-state index in [1.165, 1.54) is 24.3 Å². The van der Waals surface area contributed by atoms with Crippen LogP contribution in [0.4, 0.5) is 15.8 Å². The first kappa shape index (κ1) is 11.9. The maximum atomic E-state index is 13.2. The summed E-state index contributed by atoms with van der Waals surface area (Å²) in [6, 6.07) is 10.1. The summed E-state index contributed by atoms with van der Waals surface area (Å²) in [7, 11) is 0. The van der Waals surface area contributed by atoms with Crippen molar-refractivity contribution in [2.24, 2.45) is 0 Å². The van der Waals surface area contributed by atoms with E-state index in [2.05, 4.69) is 5.32 Å². The molecule has 0 aliphatic heterocycles. The molecule has 4 nitrogen and oxygen atoms in total. The van der Waals surface area contributed by atoms with Crippen LogP contribution in [0, 0.1) is 5.82 Å². The summed E-state index contributed by atoms with van der Waals surface area (Å²) in [6.45, 7) is 0. The first-order chi connectivity index (χ1) is 8.58. The molecule has 0 radical (unpaired) electrons. The van der Waals surface area contributed by atoms with Crippen molar-refractivity contribution in [3.05, 3.63) is 53.8 Å². The first-order valence-corrected chi connectivity index (χ1v) is 5.22. The third-order valence-corrected chi connectivity index (χ3v) is 2.41. The monoisotopic (exact) mass is 246 g/mol. The van der Waals surface area contributed by atoms with Crippen LogP contribution in [-0.4, -0.2) is 11.0 Å². The van der Waals surface area contributed by atoms with Crippen LogP contribution in [0.15, 0.2) is 42.5 Å². The highest BCUT2D eigenvalue weighted by atomic mass is 19.1. The molecule has 0 aliphatic carbocycles. The van der Waals surface area contributed by atoms with Crippen molar-refractivity contribution in [3.63, 3.8) is 0 Å². The Balaban J connectivity index is 2.22. The minimum absolute atomic E-state index is 0.00978. The van der Waals surface area contributed by atoms with Gasteiger partial charge in [-0.2, -0.15) is 0 Å². The average molecular weight is 246 g/mol.